The minimum atomic E-state index is -4.92. The SMILES string of the molecule is Fc1cc2cc(-c3c(F)cc(OCC4=CCCCC4)cc3F)ccc2c(F)c1C#CC(F)(F)F. The van der Waals surface area contributed by atoms with Crippen LogP contribution in [0.25, 0.3) is 21.9 Å². The molecule has 3 aromatic carbocycles. The van der Waals surface area contributed by atoms with Crippen LogP contribution in [-0.4, -0.2) is 12.8 Å². The predicted octanol–water partition coefficient (Wildman–Crippen LogP) is 7.86. The summed E-state index contributed by atoms with van der Waals surface area (Å²) in [5.41, 5.74) is -0.400. The minimum Gasteiger partial charge on any atom is -0.489 e. The van der Waals surface area contributed by atoms with Crippen LogP contribution in [0.1, 0.15) is 31.2 Å². The van der Waals surface area contributed by atoms with E-state index >= 15 is 0 Å². The Morgan fingerprint density at radius 2 is 1.62 bits per heavy atom. The maximum absolute atomic E-state index is 14.8. The Morgan fingerprint density at radius 1 is 0.882 bits per heavy atom. The molecule has 0 bridgehead atoms. The Kier molecular flexibility index (Phi) is 6.56. The molecule has 0 amide bonds. The minimum absolute atomic E-state index is 0.00281. The van der Waals surface area contributed by atoms with Gasteiger partial charge in [-0.2, -0.15) is 13.2 Å². The third-order valence-corrected chi connectivity index (χ3v) is 5.47. The number of benzene rings is 3. The molecule has 1 aliphatic carbocycles. The molecule has 3 aromatic rings. The third-order valence-electron chi connectivity index (χ3n) is 5.47. The second kappa shape index (κ2) is 9.41. The quantitative estimate of drug-likeness (QED) is 0.211. The summed E-state index contributed by atoms with van der Waals surface area (Å²) < 4.78 is 101. The summed E-state index contributed by atoms with van der Waals surface area (Å²) in [7, 11) is 0. The van der Waals surface area contributed by atoms with E-state index in [0.29, 0.717) is 0 Å². The number of ether oxygens (including phenoxy) is 1. The molecule has 0 unspecified atom stereocenters. The molecule has 1 nitrogen and oxygen atoms in total. The van der Waals surface area contributed by atoms with Gasteiger partial charge >= 0.3 is 6.18 Å². The van der Waals surface area contributed by atoms with E-state index in [0.717, 1.165) is 67.5 Å². The molecular weight excluding hydrogens is 461 g/mol. The second-order valence-electron chi connectivity index (χ2n) is 7.89. The van der Waals surface area contributed by atoms with Crippen LogP contribution in [0.15, 0.2) is 48.0 Å². The largest absolute Gasteiger partial charge is 0.489 e. The fourth-order valence-corrected chi connectivity index (χ4v) is 3.85. The number of fused-ring (bicyclic) bond motifs is 1. The highest BCUT2D eigenvalue weighted by Crippen LogP contribution is 2.34. The van der Waals surface area contributed by atoms with Crippen LogP contribution in [0.3, 0.4) is 0 Å². The summed E-state index contributed by atoms with van der Waals surface area (Å²) in [6, 6.07) is 6.28. The molecule has 0 heterocycles. The second-order valence-corrected chi connectivity index (χ2v) is 7.89. The maximum atomic E-state index is 14.8. The van der Waals surface area contributed by atoms with Crippen molar-refractivity contribution in [2.24, 2.45) is 0 Å². The summed E-state index contributed by atoms with van der Waals surface area (Å²) in [5.74, 6) is -2.18. The summed E-state index contributed by atoms with van der Waals surface area (Å²) in [5, 5.41) is -0.327. The lowest BCUT2D eigenvalue weighted by molar-refractivity contribution is -0.0696. The first kappa shape index (κ1) is 23.7. The molecule has 0 saturated carbocycles. The first-order valence-electron chi connectivity index (χ1n) is 10.4. The predicted molar refractivity (Wildman–Crippen MR) is 114 cm³/mol. The topological polar surface area (TPSA) is 9.23 Å². The van der Waals surface area contributed by atoms with E-state index in [4.69, 9.17) is 4.74 Å². The van der Waals surface area contributed by atoms with E-state index in [1.54, 1.807) is 0 Å². The van der Waals surface area contributed by atoms with Gasteiger partial charge in [-0.05, 0) is 54.3 Å². The van der Waals surface area contributed by atoms with E-state index in [1.165, 1.54) is 12.0 Å². The molecule has 0 atom stereocenters. The molecule has 0 radical (unpaired) electrons. The van der Waals surface area contributed by atoms with Crippen molar-refractivity contribution in [3.63, 3.8) is 0 Å². The van der Waals surface area contributed by atoms with Gasteiger partial charge in [-0.25, -0.2) is 17.6 Å². The Balaban J connectivity index is 1.66. The van der Waals surface area contributed by atoms with Gasteiger partial charge in [0.1, 0.15) is 35.6 Å². The van der Waals surface area contributed by atoms with E-state index in [1.807, 2.05) is 0 Å². The lowest BCUT2D eigenvalue weighted by atomic mass is 9.98. The van der Waals surface area contributed by atoms with Gasteiger partial charge in [0, 0.05) is 23.4 Å². The van der Waals surface area contributed by atoms with Gasteiger partial charge in [-0.1, -0.05) is 24.1 Å². The zero-order valence-corrected chi connectivity index (χ0v) is 17.6. The highest BCUT2D eigenvalue weighted by atomic mass is 19.4. The van der Waals surface area contributed by atoms with E-state index in [-0.39, 0.29) is 28.7 Å². The van der Waals surface area contributed by atoms with Gasteiger partial charge < -0.3 is 4.74 Å². The standard InChI is InChI=1S/C26H17F7O/c27-21-11-17-10-16(6-7-19(17)25(30)20(21)8-9-26(31,32)33)24-22(28)12-18(13-23(24)29)34-14-15-4-2-1-3-5-15/h4,6-7,10-13H,1-3,5,14H2. The highest BCUT2D eigenvalue weighted by Gasteiger charge is 2.24. The zero-order valence-electron chi connectivity index (χ0n) is 17.6. The average Bonchev–Trinajstić information content (AvgIpc) is 2.77. The molecule has 0 aliphatic heterocycles. The molecule has 4 rings (SSSR count). The summed E-state index contributed by atoms with van der Waals surface area (Å²) >= 11 is 0. The fraction of sp³-hybridized carbons (Fsp3) is 0.231. The molecule has 176 valence electrons. The van der Waals surface area contributed by atoms with Crippen molar-refractivity contribution in [1.82, 2.24) is 0 Å². The monoisotopic (exact) mass is 478 g/mol. The lowest BCUT2D eigenvalue weighted by Crippen LogP contribution is -2.05. The Morgan fingerprint density at radius 3 is 2.26 bits per heavy atom. The summed E-state index contributed by atoms with van der Waals surface area (Å²) in [4.78, 5) is 0. The Labute approximate surface area is 190 Å². The smallest absolute Gasteiger partial charge is 0.458 e. The number of rotatable bonds is 4. The fourth-order valence-electron chi connectivity index (χ4n) is 3.85. The van der Waals surface area contributed by atoms with Crippen LogP contribution in [0, 0.1) is 35.1 Å². The molecular formula is C26H17F7O. The van der Waals surface area contributed by atoms with Crippen molar-refractivity contribution in [3.05, 3.63) is 76.9 Å². The van der Waals surface area contributed by atoms with Crippen LogP contribution < -0.4 is 4.74 Å². The van der Waals surface area contributed by atoms with Crippen molar-refractivity contribution in [2.45, 2.75) is 31.9 Å². The van der Waals surface area contributed by atoms with Crippen LogP contribution >= 0.6 is 0 Å². The molecule has 1 aliphatic rings. The molecule has 0 fully saturated rings. The van der Waals surface area contributed by atoms with Crippen molar-refractivity contribution >= 4 is 10.8 Å². The van der Waals surface area contributed by atoms with Crippen LogP contribution in [0.4, 0.5) is 30.7 Å². The van der Waals surface area contributed by atoms with E-state index in [9.17, 15) is 30.7 Å². The molecule has 8 heteroatoms. The molecule has 0 aromatic heterocycles. The number of alkyl halides is 3. The van der Waals surface area contributed by atoms with E-state index in [2.05, 4.69) is 6.08 Å². The normalized spacial score (nSPS) is 13.9. The maximum Gasteiger partial charge on any atom is 0.458 e. The molecule has 34 heavy (non-hydrogen) atoms. The first-order valence-corrected chi connectivity index (χ1v) is 10.4. The van der Waals surface area contributed by atoms with Gasteiger partial charge in [0.25, 0.3) is 0 Å². The van der Waals surface area contributed by atoms with Gasteiger partial charge in [0.05, 0.1) is 11.1 Å². The number of allylic oxidation sites excluding steroid dienone is 1. The summed E-state index contributed by atoms with van der Waals surface area (Å²) in [6.45, 7) is 0.228. The van der Waals surface area contributed by atoms with Gasteiger partial charge in [0.15, 0.2) is 0 Å². The van der Waals surface area contributed by atoms with Gasteiger partial charge in [0.2, 0.25) is 0 Å². The number of hydrogen-bond donors (Lipinski definition) is 0. The Hall–Kier alpha value is -3.47. The van der Waals surface area contributed by atoms with Crippen molar-refractivity contribution in [1.29, 1.82) is 0 Å². The zero-order chi connectivity index (χ0) is 24.5. The van der Waals surface area contributed by atoms with E-state index < -0.39 is 40.6 Å². The molecule has 0 spiro atoms. The number of halogens is 7. The first-order chi connectivity index (χ1) is 16.1. The van der Waals surface area contributed by atoms with Crippen LogP contribution in [0.5, 0.6) is 5.75 Å². The molecule has 0 saturated heterocycles. The Bertz CT molecular complexity index is 1320. The van der Waals surface area contributed by atoms with Crippen LogP contribution in [0.2, 0.25) is 0 Å². The van der Waals surface area contributed by atoms with Gasteiger partial charge in [-0.15, -0.1) is 0 Å². The van der Waals surface area contributed by atoms with Crippen molar-refractivity contribution < 1.29 is 35.5 Å². The van der Waals surface area contributed by atoms with Crippen LogP contribution in [-0.2, 0) is 0 Å². The third kappa shape index (κ3) is 5.19. The average molecular weight is 478 g/mol. The van der Waals surface area contributed by atoms with Gasteiger partial charge in [-0.3, -0.25) is 0 Å². The highest BCUT2D eigenvalue weighted by molar-refractivity contribution is 5.89. The lowest BCUT2D eigenvalue weighted by Gasteiger charge is -2.15. The van der Waals surface area contributed by atoms with Crippen molar-refractivity contribution in [2.75, 3.05) is 6.61 Å². The summed E-state index contributed by atoms with van der Waals surface area (Å²) in [6.07, 6.45) is 1.09. The molecule has 0 N–H and O–H groups in total. The number of hydrogen-bond acceptors (Lipinski definition) is 1. The van der Waals surface area contributed by atoms with Crippen molar-refractivity contribution in [3.8, 4) is 28.7 Å².